The zero-order valence-electron chi connectivity index (χ0n) is 14.6. The van der Waals surface area contributed by atoms with Gasteiger partial charge in [0, 0.05) is 32.5 Å². The molecule has 6 heteroatoms. The van der Waals surface area contributed by atoms with E-state index in [0.29, 0.717) is 32.5 Å². The molecule has 6 nitrogen and oxygen atoms in total. The van der Waals surface area contributed by atoms with Crippen molar-refractivity contribution in [2.75, 3.05) is 19.8 Å². The van der Waals surface area contributed by atoms with Crippen LogP contribution in [0.3, 0.4) is 0 Å². The van der Waals surface area contributed by atoms with E-state index >= 15 is 0 Å². The van der Waals surface area contributed by atoms with Crippen LogP contribution in [0.2, 0.25) is 0 Å². The molecule has 0 rings (SSSR count). The van der Waals surface area contributed by atoms with Crippen LogP contribution in [0, 0.1) is 0 Å². The predicted octanol–water partition coefficient (Wildman–Crippen LogP) is 3.52. The lowest BCUT2D eigenvalue weighted by molar-refractivity contribution is -0.161. The third-order valence-electron chi connectivity index (χ3n) is 3.24. The van der Waals surface area contributed by atoms with Gasteiger partial charge in [0.2, 0.25) is 0 Å². The molecule has 0 heterocycles. The first-order chi connectivity index (χ1) is 11.1. The monoisotopic (exact) mass is 332 g/mol. The number of esters is 1. The lowest BCUT2D eigenvalue weighted by Gasteiger charge is -2.18. The second-order valence-electron chi connectivity index (χ2n) is 5.49. The third-order valence-corrected chi connectivity index (χ3v) is 3.24. The maximum absolute atomic E-state index is 11.5. The Labute approximate surface area is 139 Å². The van der Waals surface area contributed by atoms with Crippen LogP contribution < -0.4 is 0 Å². The van der Waals surface area contributed by atoms with Gasteiger partial charge in [-0.2, -0.15) is 0 Å². The Hall–Kier alpha value is -1.14. The smallest absolute Gasteiger partial charge is 0.305 e. The number of hydrogen-bond acceptors (Lipinski definition) is 5. The summed E-state index contributed by atoms with van der Waals surface area (Å²) in [7, 11) is 0. The molecule has 0 amide bonds. The van der Waals surface area contributed by atoms with E-state index in [1.54, 1.807) is 0 Å². The fourth-order valence-corrected chi connectivity index (χ4v) is 1.82. The number of hydrogen-bond donors (Lipinski definition) is 1. The van der Waals surface area contributed by atoms with Gasteiger partial charge in [0.15, 0.2) is 6.29 Å². The van der Waals surface area contributed by atoms with E-state index in [-0.39, 0.29) is 31.7 Å². The van der Waals surface area contributed by atoms with Crippen LogP contribution in [0.25, 0.3) is 0 Å². The van der Waals surface area contributed by atoms with Gasteiger partial charge in [-0.1, -0.05) is 26.7 Å². The average Bonchev–Trinajstić information content (AvgIpc) is 2.51. The van der Waals surface area contributed by atoms with E-state index < -0.39 is 5.97 Å². The Morgan fingerprint density at radius 3 is 1.96 bits per heavy atom. The molecule has 0 aromatic heterocycles. The van der Waals surface area contributed by atoms with Crippen molar-refractivity contribution in [2.45, 2.75) is 77.9 Å². The predicted molar refractivity (Wildman–Crippen MR) is 87.2 cm³/mol. The summed E-state index contributed by atoms with van der Waals surface area (Å²) in [6, 6.07) is 0. The summed E-state index contributed by atoms with van der Waals surface area (Å²) in [5.41, 5.74) is 0. The van der Waals surface area contributed by atoms with Crippen LogP contribution in [-0.4, -0.2) is 43.2 Å². The van der Waals surface area contributed by atoms with E-state index in [9.17, 15) is 9.59 Å². The molecule has 0 spiro atoms. The Morgan fingerprint density at radius 1 is 0.870 bits per heavy atom. The van der Waals surface area contributed by atoms with Gasteiger partial charge in [-0.3, -0.25) is 9.59 Å². The molecule has 0 aromatic rings. The molecule has 0 aliphatic heterocycles. The summed E-state index contributed by atoms with van der Waals surface area (Å²) in [5.74, 6) is -1.13. The van der Waals surface area contributed by atoms with E-state index in [0.717, 1.165) is 25.7 Å². The van der Waals surface area contributed by atoms with Crippen molar-refractivity contribution in [3.05, 3.63) is 0 Å². The van der Waals surface area contributed by atoms with Gasteiger partial charge in [0.05, 0.1) is 6.61 Å². The molecule has 0 bridgehead atoms. The average molecular weight is 332 g/mol. The van der Waals surface area contributed by atoms with Gasteiger partial charge in [-0.05, 0) is 25.7 Å². The van der Waals surface area contributed by atoms with Crippen LogP contribution in [0.15, 0.2) is 0 Å². The number of aliphatic carboxylic acids is 1. The van der Waals surface area contributed by atoms with Crippen LogP contribution in [-0.2, 0) is 23.8 Å². The van der Waals surface area contributed by atoms with E-state index in [1.165, 1.54) is 0 Å². The number of carboxylic acid groups (broad SMARTS) is 1. The molecule has 0 aliphatic rings. The highest BCUT2D eigenvalue weighted by Gasteiger charge is 2.11. The van der Waals surface area contributed by atoms with E-state index in [1.807, 2.05) is 0 Å². The quantitative estimate of drug-likeness (QED) is 0.264. The number of unbranched alkanes of at least 4 members (excludes halogenated alkanes) is 3. The lowest BCUT2D eigenvalue weighted by atomic mass is 10.2. The van der Waals surface area contributed by atoms with E-state index in [4.69, 9.17) is 19.3 Å². The molecule has 0 fully saturated rings. The summed E-state index contributed by atoms with van der Waals surface area (Å²) in [6.07, 6.45) is 5.66. The van der Waals surface area contributed by atoms with Gasteiger partial charge in [0.1, 0.15) is 0 Å². The molecule has 0 unspecified atom stereocenters. The summed E-state index contributed by atoms with van der Waals surface area (Å²) < 4.78 is 16.5. The Morgan fingerprint density at radius 2 is 1.43 bits per heavy atom. The van der Waals surface area contributed by atoms with E-state index in [2.05, 4.69) is 13.8 Å². The Balaban J connectivity index is 3.80. The van der Waals surface area contributed by atoms with Crippen molar-refractivity contribution in [1.82, 2.24) is 0 Å². The van der Waals surface area contributed by atoms with Crippen LogP contribution >= 0.6 is 0 Å². The zero-order chi connectivity index (χ0) is 17.3. The number of rotatable bonds is 16. The SMILES string of the molecule is CCCCOC(CCOC(=O)CCCCC(=O)O)OCCCC. The maximum atomic E-state index is 11.5. The summed E-state index contributed by atoms with van der Waals surface area (Å²) in [4.78, 5) is 21.9. The van der Waals surface area contributed by atoms with Crippen molar-refractivity contribution in [3.8, 4) is 0 Å². The largest absolute Gasteiger partial charge is 0.481 e. The van der Waals surface area contributed by atoms with Crippen molar-refractivity contribution in [2.24, 2.45) is 0 Å². The van der Waals surface area contributed by atoms with Crippen molar-refractivity contribution >= 4 is 11.9 Å². The Bertz CT molecular complexity index is 295. The number of carbonyl (C=O) groups excluding carboxylic acids is 1. The molecule has 23 heavy (non-hydrogen) atoms. The first-order valence-corrected chi connectivity index (χ1v) is 8.70. The maximum Gasteiger partial charge on any atom is 0.305 e. The lowest BCUT2D eigenvalue weighted by Crippen LogP contribution is -2.21. The molecule has 0 saturated carbocycles. The van der Waals surface area contributed by atoms with Gasteiger partial charge in [0.25, 0.3) is 0 Å². The van der Waals surface area contributed by atoms with Crippen molar-refractivity contribution in [3.63, 3.8) is 0 Å². The van der Waals surface area contributed by atoms with Crippen molar-refractivity contribution in [1.29, 1.82) is 0 Å². The first-order valence-electron chi connectivity index (χ1n) is 8.70. The molecular formula is C17H32O6. The molecule has 0 radical (unpaired) electrons. The van der Waals surface area contributed by atoms with Crippen LogP contribution in [0.1, 0.15) is 71.6 Å². The molecule has 0 aliphatic carbocycles. The summed E-state index contributed by atoms with van der Waals surface area (Å²) in [5, 5.41) is 8.51. The molecule has 136 valence electrons. The van der Waals surface area contributed by atoms with Crippen molar-refractivity contribution < 1.29 is 28.9 Å². The highest BCUT2D eigenvalue weighted by atomic mass is 16.7. The second kappa shape index (κ2) is 15.7. The zero-order valence-corrected chi connectivity index (χ0v) is 14.6. The number of carboxylic acids is 1. The molecule has 0 saturated heterocycles. The minimum Gasteiger partial charge on any atom is -0.481 e. The minimum absolute atomic E-state index is 0.0892. The standard InChI is InChI=1S/C17H32O6/c1-3-5-12-22-17(23-13-6-4-2)11-14-21-16(20)10-8-7-9-15(18)19/h17H,3-14H2,1-2H3,(H,18,19). The molecule has 0 atom stereocenters. The van der Waals surface area contributed by atoms with Crippen LogP contribution in [0.4, 0.5) is 0 Å². The number of ether oxygens (including phenoxy) is 3. The fraction of sp³-hybridized carbons (Fsp3) is 0.882. The molecule has 1 N–H and O–H groups in total. The molecular weight excluding hydrogens is 300 g/mol. The van der Waals surface area contributed by atoms with Gasteiger partial charge >= 0.3 is 11.9 Å². The third kappa shape index (κ3) is 15.5. The second-order valence-corrected chi connectivity index (χ2v) is 5.49. The molecule has 0 aromatic carbocycles. The summed E-state index contributed by atoms with van der Waals surface area (Å²) in [6.45, 7) is 5.76. The topological polar surface area (TPSA) is 82.1 Å². The van der Waals surface area contributed by atoms with Gasteiger partial charge in [-0.15, -0.1) is 0 Å². The highest BCUT2D eigenvalue weighted by molar-refractivity contribution is 5.69. The summed E-state index contributed by atoms with van der Waals surface area (Å²) >= 11 is 0. The Kier molecular flexibility index (Phi) is 15.0. The minimum atomic E-state index is -0.838. The first kappa shape index (κ1) is 21.9. The van der Waals surface area contributed by atoms with Gasteiger partial charge < -0.3 is 19.3 Å². The normalized spacial score (nSPS) is 10.9. The fourth-order valence-electron chi connectivity index (χ4n) is 1.82. The van der Waals surface area contributed by atoms with Gasteiger partial charge in [-0.25, -0.2) is 0 Å². The number of carbonyl (C=O) groups is 2. The highest BCUT2D eigenvalue weighted by Crippen LogP contribution is 2.07. The van der Waals surface area contributed by atoms with Crippen LogP contribution in [0.5, 0.6) is 0 Å².